The predicted molar refractivity (Wildman–Crippen MR) is 86.3 cm³/mol. The highest BCUT2D eigenvalue weighted by molar-refractivity contribution is 5.53. The summed E-state index contributed by atoms with van der Waals surface area (Å²) < 4.78 is 0. The molecule has 2 heteroatoms. The fraction of sp³-hybridized carbons (Fsp3) is 0.667. The van der Waals surface area contributed by atoms with E-state index in [0.29, 0.717) is 6.61 Å². The molecule has 1 aromatic carbocycles. The molecule has 1 aromatic rings. The van der Waals surface area contributed by atoms with Gasteiger partial charge in [-0.1, -0.05) is 43.9 Å². The van der Waals surface area contributed by atoms with Crippen LogP contribution in [0.5, 0.6) is 0 Å². The maximum absolute atomic E-state index is 10.0. The van der Waals surface area contributed by atoms with Crippen LogP contribution in [0.4, 0.5) is 5.69 Å². The number of aliphatic hydroxyl groups is 1. The largest absolute Gasteiger partial charge is 0.396 e. The highest BCUT2D eigenvalue weighted by Gasteiger charge is 2.32. The molecule has 0 amide bonds. The number of para-hydroxylation sites is 1. The molecule has 1 N–H and O–H groups in total. The fourth-order valence-electron chi connectivity index (χ4n) is 3.54. The summed E-state index contributed by atoms with van der Waals surface area (Å²) in [4.78, 5) is 2.46. The normalized spacial score (nSPS) is 18.6. The first-order valence-electron chi connectivity index (χ1n) is 8.12. The van der Waals surface area contributed by atoms with Gasteiger partial charge in [-0.05, 0) is 38.3 Å². The smallest absolute Gasteiger partial charge is 0.0504 e. The minimum atomic E-state index is 0.106. The van der Waals surface area contributed by atoms with E-state index in [2.05, 4.69) is 43.0 Å². The first kappa shape index (κ1) is 15.4. The first-order valence-corrected chi connectivity index (χ1v) is 8.12. The van der Waals surface area contributed by atoms with Crippen LogP contribution in [0.3, 0.4) is 0 Å². The maximum Gasteiger partial charge on any atom is 0.0504 e. The molecular formula is C18H29NO. The lowest BCUT2D eigenvalue weighted by molar-refractivity contribution is 0.112. The lowest BCUT2D eigenvalue weighted by atomic mass is 9.80. The van der Waals surface area contributed by atoms with Gasteiger partial charge in [0.2, 0.25) is 0 Å². The number of aryl methyl sites for hydroxylation is 1. The molecule has 0 aliphatic heterocycles. The first-order chi connectivity index (χ1) is 9.71. The molecule has 0 radical (unpaired) electrons. The molecule has 1 fully saturated rings. The van der Waals surface area contributed by atoms with Crippen molar-refractivity contribution in [3.63, 3.8) is 0 Å². The van der Waals surface area contributed by atoms with Crippen molar-refractivity contribution in [3.05, 3.63) is 29.8 Å². The van der Waals surface area contributed by atoms with Gasteiger partial charge < -0.3 is 10.0 Å². The van der Waals surface area contributed by atoms with Crippen molar-refractivity contribution < 1.29 is 5.11 Å². The van der Waals surface area contributed by atoms with E-state index in [0.717, 1.165) is 13.1 Å². The number of nitrogens with zero attached hydrogens (tertiary/aromatic N) is 1. The van der Waals surface area contributed by atoms with Crippen LogP contribution in [0.2, 0.25) is 0 Å². The molecule has 1 aliphatic rings. The molecule has 0 bridgehead atoms. The van der Waals surface area contributed by atoms with Crippen LogP contribution in [0.25, 0.3) is 0 Å². The molecule has 0 aromatic heterocycles. The Balaban J connectivity index is 2.17. The van der Waals surface area contributed by atoms with E-state index in [9.17, 15) is 5.11 Å². The molecule has 20 heavy (non-hydrogen) atoms. The van der Waals surface area contributed by atoms with Crippen molar-refractivity contribution in [2.75, 3.05) is 24.6 Å². The Bertz CT molecular complexity index is 408. The third-order valence-corrected chi connectivity index (χ3v) is 4.86. The highest BCUT2D eigenvalue weighted by atomic mass is 16.3. The second-order valence-electron chi connectivity index (χ2n) is 6.37. The second kappa shape index (κ2) is 7.12. The summed E-state index contributed by atoms with van der Waals surface area (Å²) in [6.07, 6.45) is 7.55. The fourth-order valence-corrected chi connectivity index (χ4v) is 3.54. The van der Waals surface area contributed by atoms with Crippen molar-refractivity contribution in [1.82, 2.24) is 0 Å². The van der Waals surface area contributed by atoms with Crippen LogP contribution in [-0.2, 0) is 0 Å². The van der Waals surface area contributed by atoms with Crippen molar-refractivity contribution in [3.8, 4) is 0 Å². The summed E-state index contributed by atoms with van der Waals surface area (Å²) in [6.45, 7) is 6.72. The Morgan fingerprint density at radius 1 is 1.10 bits per heavy atom. The summed E-state index contributed by atoms with van der Waals surface area (Å²) in [5, 5.41) is 10.0. The number of aliphatic hydroxyl groups excluding tert-OH is 1. The minimum Gasteiger partial charge on any atom is -0.396 e. The lowest BCUT2D eigenvalue weighted by Crippen LogP contribution is -2.40. The average molecular weight is 275 g/mol. The van der Waals surface area contributed by atoms with E-state index < -0.39 is 0 Å². The molecule has 1 saturated carbocycles. The van der Waals surface area contributed by atoms with Gasteiger partial charge in [0.05, 0.1) is 6.61 Å². The van der Waals surface area contributed by atoms with Crippen LogP contribution < -0.4 is 4.90 Å². The van der Waals surface area contributed by atoms with E-state index in [-0.39, 0.29) is 5.41 Å². The average Bonchev–Trinajstić information content (AvgIpc) is 2.72. The van der Waals surface area contributed by atoms with Crippen molar-refractivity contribution in [2.45, 2.75) is 52.4 Å². The topological polar surface area (TPSA) is 23.5 Å². The quantitative estimate of drug-likeness (QED) is 0.816. The molecular weight excluding hydrogens is 246 g/mol. The van der Waals surface area contributed by atoms with Crippen LogP contribution in [-0.4, -0.2) is 24.8 Å². The molecule has 0 spiro atoms. The SMILES string of the molecule is CCN(CC1(CO)CCCCCC1)c1ccccc1C. The van der Waals surface area contributed by atoms with Crippen LogP contribution in [0.1, 0.15) is 51.0 Å². The Morgan fingerprint density at radius 3 is 2.30 bits per heavy atom. The van der Waals surface area contributed by atoms with E-state index in [1.54, 1.807) is 0 Å². The Morgan fingerprint density at radius 2 is 1.75 bits per heavy atom. The van der Waals surface area contributed by atoms with Gasteiger partial charge in [-0.3, -0.25) is 0 Å². The molecule has 0 atom stereocenters. The Kier molecular flexibility index (Phi) is 5.47. The number of rotatable bonds is 5. The van der Waals surface area contributed by atoms with E-state index >= 15 is 0 Å². The number of benzene rings is 1. The molecule has 0 heterocycles. The summed E-state index contributed by atoms with van der Waals surface area (Å²) in [5.74, 6) is 0. The van der Waals surface area contributed by atoms with Gasteiger partial charge in [-0.2, -0.15) is 0 Å². The van der Waals surface area contributed by atoms with Crippen LogP contribution >= 0.6 is 0 Å². The molecule has 0 saturated heterocycles. The van der Waals surface area contributed by atoms with E-state index in [1.165, 1.54) is 49.8 Å². The van der Waals surface area contributed by atoms with Crippen molar-refractivity contribution >= 4 is 5.69 Å². The monoisotopic (exact) mass is 275 g/mol. The van der Waals surface area contributed by atoms with Gasteiger partial charge in [0.25, 0.3) is 0 Å². The van der Waals surface area contributed by atoms with Gasteiger partial charge in [0.15, 0.2) is 0 Å². The maximum atomic E-state index is 10.0. The van der Waals surface area contributed by atoms with Gasteiger partial charge in [0, 0.05) is 24.2 Å². The van der Waals surface area contributed by atoms with Crippen molar-refractivity contribution in [1.29, 1.82) is 0 Å². The third-order valence-electron chi connectivity index (χ3n) is 4.86. The summed E-state index contributed by atoms with van der Waals surface area (Å²) in [5.41, 5.74) is 2.76. The van der Waals surface area contributed by atoms with Gasteiger partial charge >= 0.3 is 0 Å². The number of anilines is 1. The molecule has 0 unspecified atom stereocenters. The zero-order chi connectivity index (χ0) is 14.4. The zero-order valence-corrected chi connectivity index (χ0v) is 13.1. The van der Waals surface area contributed by atoms with Gasteiger partial charge in [-0.15, -0.1) is 0 Å². The van der Waals surface area contributed by atoms with Crippen LogP contribution in [0.15, 0.2) is 24.3 Å². The van der Waals surface area contributed by atoms with E-state index in [4.69, 9.17) is 0 Å². The van der Waals surface area contributed by atoms with Crippen LogP contribution in [0, 0.1) is 12.3 Å². The zero-order valence-electron chi connectivity index (χ0n) is 13.1. The summed E-state index contributed by atoms with van der Waals surface area (Å²) in [7, 11) is 0. The standard InChI is InChI=1S/C18H29NO/c1-3-19(17-11-7-6-10-16(17)2)14-18(15-20)12-8-4-5-9-13-18/h6-7,10-11,20H,3-5,8-9,12-15H2,1-2H3. The summed E-state index contributed by atoms with van der Waals surface area (Å²) >= 11 is 0. The predicted octanol–water partition coefficient (Wildman–Crippen LogP) is 4.15. The molecule has 1 aliphatic carbocycles. The van der Waals surface area contributed by atoms with E-state index in [1.807, 2.05) is 0 Å². The summed E-state index contributed by atoms with van der Waals surface area (Å²) in [6, 6.07) is 8.60. The molecule has 2 rings (SSSR count). The number of hydrogen-bond donors (Lipinski definition) is 1. The Labute approximate surface area is 123 Å². The van der Waals surface area contributed by atoms with Gasteiger partial charge in [0.1, 0.15) is 0 Å². The Hall–Kier alpha value is -1.02. The second-order valence-corrected chi connectivity index (χ2v) is 6.37. The lowest BCUT2D eigenvalue weighted by Gasteiger charge is -2.38. The molecule has 112 valence electrons. The molecule has 2 nitrogen and oxygen atoms in total. The highest BCUT2D eigenvalue weighted by Crippen LogP contribution is 2.36. The third kappa shape index (κ3) is 3.54. The van der Waals surface area contributed by atoms with Gasteiger partial charge in [-0.25, -0.2) is 0 Å². The van der Waals surface area contributed by atoms with Crippen molar-refractivity contribution in [2.24, 2.45) is 5.41 Å². The minimum absolute atomic E-state index is 0.106. The number of hydrogen-bond acceptors (Lipinski definition) is 2.